The number of aromatic nitrogens is 1. The third-order valence-electron chi connectivity index (χ3n) is 4.31. The molecule has 0 spiro atoms. The van der Waals surface area contributed by atoms with Crippen molar-refractivity contribution in [1.82, 2.24) is 9.88 Å². The zero-order valence-electron chi connectivity index (χ0n) is 17.6. The van der Waals surface area contributed by atoms with Crippen LogP contribution in [0.3, 0.4) is 0 Å². The summed E-state index contributed by atoms with van der Waals surface area (Å²) >= 11 is 0. The first-order chi connectivity index (χ1) is 14.7. The highest BCUT2D eigenvalue weighted by atomic mass is 32.2. The predicted molar refractivity (Wildman–Crippen MR) is 119 cm³/mol. The standard InChI is InChI=1S/C23H24N2O5S/c1-25(2)15-21(31(3,27)28)22(26)17-9-11-20(12-10-17)29-14-13-19-16-30-23(24-19)18-7-5-4-6-8-18/h4-12,15-16H,13-14H2,1-3H3/b21-15-. The predicted octanol–water partition coefficient (Wildman–Crippen LogP) is 3.59. The van der Waals surface area contributed by atoms with Crippen LogP contribution in [0, 0.1) is 0 Å². The van der Waals surface area contributed by atoms with Gasteiger partial charge in [-0.15, -0.1) is 0 Å². The first-order valence-corrected chi connectivity index (χ1v) is 11.5. The number of carbonyl (C=O) groups excluding carboxylic acids is 1. The molecule has 0 bridgehead atoms. The van der Waals surface area contributed by atoms with Crippen LogP contribution in [-0.2, 0) is 16.3 Å². The van der Waals surface area contributed by atoms with Gasteiger partial charge in [-0.2, -0.15) is 0 Å². The van der Waals surface area contributed by atoms with Crippen molar-refractivity contribution in [2.45, 2.75) is 6.42 Å². The molecule has 1 aromatic heterocycles. The zero-order chi connectivity index (χ0) is 22.4. The van der Waals surface area contributed by atoms with E-state index in [0.717, 1.165) is 17.5 Å². The molecule has 162 valence electrons. The van der Waals surface area contributed by atoms with E-state index in [4.69, 9.17) is 9.15 Å². The SMILES string of the molecule is CN(C)/C=C(/C(=O)c1ccc(OCCc2coc(-c3ccccc3)n2)cc1)S(C)(=O)=O. The normalized spacial score (nSPS) is 11.9. The number of ketones is 1. The van der Waals surface area contributed by atoms with E-state index < -0.39 is 15.6 Å². The maximum Gasteiger partial charge on any atom is 0.226 e. The van der Waals surface area contributed by atoms with Gasteiger partial charge in [0.2, 0.25) is 11.7 Å². The number of hydrogen-bond donors (Lipinski definition) is 0. The first-order valence-electron chi connectivity index (χ1n) is 9.60. The third-order valence-corrected chi connectivity index (χ3v) is 5.40. The smallest absolute Gasteiger partial charge is 0.226 e. The lowest BCUT2D eigenvalue weighted by atomic mass is 10.1. The van der Waals surface area contributed by atoms with Crippen LogP contribution in [0.1, 0.15) is 16.1 Å². The topological polar surface area (TPSA) is 89.7 Å². The lowest BCUT2D eigenvalue weighted by Crippen LogP contribution is -2.16. The molecule has 2 aromatic carbocycles. The second kappa shape index (κ2) is 9.61. The van der Waals surface area contributed by atoms with Crippen LogP contribution >= 0.6 is 0 Å². The molecule has 0 N–H and O–H groups in total. The molecule has 0 fully saturated rings. The lowest BCUT2D eigenvalue weighted by Gasteiger charge is -2.10. The van der Waals surface area contributed by atoms with E-state index in [2.05, 4.69) is 4.98 Å². The number of allylic oxidation sites excluding steroid dienone is 1. The summed E-state index contributed by atoms with van der Waals surface area (Å²) in [7, 11) is -0.338. The van der Waals surface area contributed by atoms with Gasteiger partial charge < -0.3 is 14.1 Å². The van der Waals surface area contributed by atoms with Crippen LogP contribution in [0.4, 0.5) is 0 Å². The summed E-state index contributed by atoms with van der Waals surface area (Å²) in [4.78, 5) is 18.3. The molecule has 0 saturated carbocycles. The fraction of sp³-hybridized carbons (Fsp3) is 0.217. The third kappa shape index (κ3) is 6.05. The quantitative estimate of drug-likeness (QED) is 0.371. The summed E-state index contributed by atoms with van der Waals surface area (Å²) in [5, 5.41) is 0. The Morgan fingerprint density at radius 2 is 1.77 bits per heavy atom. The highest BCUT2D eigenvalue weighted by molar-refractivity contribution is 7.95. The molecular weight excluding hydrogens is 416 g/mol. The summed E-state index contributed by atoms with van der Waals surface area (Å²) < 4.78 is 35.2. The van der Waals surface area contributed by atoms with Crippen LogP contribution in [0.5, 0.6) is 5.75 Å². The monoisotopic (exact) mass is 440 g/mol. The fourth-order valence-electron chi connectivity index (χ4n) is 2.81. The van der Waals surface area contributed by atoms with Crippen molar-refractivity contribution < 1.29 is 22.4 Å². The van der Waals surface area contributed by atoms with Crippen molar-refractivity contribution in [3.8, 4) is 17.2 Å². The van der Waals surface area contributed by atoms with Gasteiger partial charge in [-0.05, 0) is 36.4 Å². The Morgan fingerprint density at radius 1 is 1.10 bits per heavy atom. The van der Waals surface area contributed by atoms with Crippen molar-refractivity contribution in [3.63, 3.8) is 0 Å². The maximum absolute atomic E-state index is 12.6. The second-order valence-electron chi connectivity index (χ2n) is 7.19. The number of oxazole rings is 1. The average Bonchev–Trinajstić information content (AvgIpc) is 3.21. The van der Waals surface area contributed by atoms with Gasteiger partial charge in [0.25, 0.3) is 0 Å². The molecule has 0 radical (unpaired) electrons. The van der Waals surface area contributed by atoms with Gasteiger partial charge >= 0.3 is 0 Å². The van der Waals surface area contributed by atoms with E-state index in [0.29, 0.717) is 24.7 Å². The van der Waals surface area contributed by atoms with Crippen molar-refractivity contribution in [1.29, 1.82) is 0 Å². The molecule has 3 aromatic rings. The molecule has 1 heterocycles. The van der Waals surface area contributed by atoms with E-state index in [-0.39, 0.29) is 10.5 Å². The number of rotatable bonds is 9. The minimum absolute atomic E-state index is 0.258. The molecular formula is C23H24N2O5S. The van der Waals surface area contributed by atoms with E-state index in [1.165, 1.54) is 11.1 Å². The Labute approximate surface area is 181 Å². The van der Waals surface area contributed by atoms with Gasteiger partial charge in [-0.1, -0.05) is 18.2 Å². The molecule has 0 saturated heterocycles. The number of hydrogen-bond acceptors (Lipinski definition) is 7. The molecule has 0 aliphatic carbocycles. The molecule has 31 heavy (non-hydrogen) atoms. The number of benzene rings is 2. The van der Waals surface area contributed by atoms with Gasteiger partial charge in [-0.25, -0.2) is 13.4 Å². The number of nitrogens with zero attached hydrogens (tertiary/aromatic N) is 2. The summed E-state index contributed by atoms with van der Waals surface area (Å²) in [5.41, 5.74) is 1.96. The largest absolute Gasteiger partial charge is 0.493 e. The molecule has 7 nitrogen and oxygen atoms in total. The Hall–Kier alpha value is -3.39. The molecule has 0 aliphatic heterocycles. The van der Waals surface area contributed by atoms with E-state index in [1.54, 1.807) is 44.6 Å². The van der Waals surface area contributed by atoms with Crippen LogP contribution in [0.15, 0.2) is 76.4 Å². The van der Waals surface area contributed by atoms with Crippen LogP contribution in [0.2, 0.25) is 0 Å². The minimum Gasteiger partial charge on any atom is -0.493 e. The minimum atomic E-state index is -3.66. The number of sulfone groups is 1. The van der Waals surface area contributed by atoms with Crippen LogP contribution in [-0.4, -0.2) is 51.0 Å². The lowest BCUT2D eigenvalue weighted by molar-refractivity contribution is 0.104. The van der Waals surface area contributed by atoms with Crippen LogP contribution in [0.25, 0.3) is 11.5 Å². The van der Waals surface area contributed by atoms with Gasteiger partial charge in [-0.3, -0.25) is 4.79 Å². The second-order valence-corrected chi connectivity index (χ2v) is 9.18. The van der Waals surface area contributed by atoms with Crippen molar-refractivity contribution in [3.05, 3.63) is 83.2 Å². The van der Waals surface area contributed by atoms with Crippen LogP contribution < -0.4 is 4.74 Å². The average molecular weight is 441 g/mol. The molecule has 8 heteroatoms. The highest BCUT2D eigenvalue weighted by Crippen LogP contribution is 2.20. The van der Waals surface area contributed by atoms with Gasteiger partial charge in [0.1, 0.15) is 16.9 Å². The molecule has 0 amide bonds. The van der Waals surface area contributed by atoms with Crippen molar-refractivity contribution in [2.75, 3.05) is 27.0 Å². The van der Waals surface area contributed by atoms with E-state index in [9.17, 15) is 13.2 Å². The summed E-state index contributed by atoms with van der Waals surface area (Å²) in [5.74, 6) is 0.575. The van der Waals surface area contributed by atoms with Gasteiger partial charge in [0, 0.05) is 44.1 Å². The van der Waals surface area contributed by atoms with Crippen molar-refractivity contribution >= 4 is 15.6 Å². The first kappa shape index (κ1) is 22.3. The summed E-state index contributed by atoms with van der Waals surface area (Å²) in [6.07, 6.45) is 4.49. The summed E-state index contributed by atoms with van der Waals surface area (Å²) in [6, 6.07) is 16.0. The van der Waals surface area contributed by atoms with Gasteiger partial charge in [0.05, 0.1) is 12.3 Å². The van der Waals surface area contributed by atoms with Gasteiger partial charge in [0.15, 0.2) is 9.84 Å². The Kier molecular flexibility index (Phi) is 6.91. The Bertz CT molecular complexity index is 1160. The maximum atomic E-state index is 12.6. The van der Waals surface area contributed by atoms with E-state index in [1.807, 2.05) is 30.3 Å². The van der Waals surface area contributed by atoms with E-state index >= 15 is 0 Å². The molecule has 0 aliphatic rings. The summed E-state index contributed by atoms with van der Waals surface area (Å²) in [6.45, 7) is 0.378. The number of Topliss-reactive ketones (excluding diaryl/α,β-unsaturated/α-hetero) is 1. The Morgan fingerprint density at radius 3 is 2.39 bits per heavy atom. The fourth-order valence-corrected chi connectivity index (χ4v) is 3.67. The number of carbonyl (C=O) groups is 1. The molecule has 0 unspecified atom stereocenters. The highest BCUT2D eigenvalue weighted by Gasteiger charge is 2.22. The molecule has 0 atom stereocenters. The number of ether oxygens (including phenoxy) is 1. The van der Waals surface area contributed by atoms with Crippen molar-refractivity contribution in [2.24, 2.45) is 0 Å². The molecule has 3 rings (SSSR count). The zero-order valence-corrected chi connectivity index (χ0v) is 18.4. The Balaban J connectivity index is 1.60.